The fraction of sp³-hybridized carbons (Fsp3) is 0.458. The second-order valence-corrected chi connectivity index (χ2v) is 7.32. The quantitative estimate of drug-likeness (QED) is 0.298. The Hall–Kier alpha value is -3.13. The fourth-order valence-electron chi connectivity index (χ4n) is 2.94. The van der Waals surface area contributed by atoms with Crippen molar-refractivity contribution in [3.8, 4) is 5.75 Å². The van der Waals surface area contributed by atoms with E-state index < -0.39 is 0 Å². The summed E-state index contributed by atoms with van der Waals surface area (Å²) in [7, 11) is 3.47. The Balaban J connectivity index is 1.80. The van der Waals surface area contributed by atoms with Gasteiger partial charge in [0.05, 0.1) is 13.2 Å². The Kier molecular flexibility index (Phi) is 11.0. The van der Waals surface area contributed by atoms with Crippen molar-refractivity contribution < 1.29 is 14.3 Å². The number of rotatable bonds is 12. The van der Waals surface area contributed by atoms with Gasteiger partial charge in [0.1, 0.15) is 12.4 Å². The minimum absolute atomic E-state index is 0.0147. The molecule has 1 amide bonds. The SMILES string of the molecule is CCOCCOc1cc(C)ccc1CNC(=NC)NCC(=O)N(C)CCc1ccccn1. The lowest BCUT2D eigenvalue weighted by Gasteiger charge is -2.19. The van der Waals surface area contributed by atoms with E-state index in [1.165, 1.54) is 0 Å². The highest BCUT2D eigenvalue weighted by Crippen LogP contribution is 2.20. The average molecular weight is 442 g/mol. The summed E-state index contributed by atoms with van der Waals surface area (Å²) in [6.45, 7) is 7.00. The molecule has 0 fully saturated rings. The van der Waals surface area contributed by atoms with Crippen molar-refractivity contribution in [2.75, 3.05) is 47.0 Å². The Labute approximate surface area is 191 Å². The third kappa shape index (κ3) is 8.93. The van der Waals surface area contributed by atoms with Crippen molar-refractivity contribution in [3.05, 3.63) is 59.4 Å². The molecule has 2 N–H and O–H groups in total. The number of guanidine groups is 1. The molecule has 0 aliphatic rings. The highest BCUT2D eigenvalue weighted by atomic mass is 16.5. The van der Waals surface area contributed by atoms with Gasteiger partial charge in [0.25, 0.3) is 0 Å². The van der Waals surface area contributed by atoms with Crippen molar-refractivity contribution in [3.63, 3.8) is 0 Å². The van der Waals surface area contributed by atoms with Crippen LogP contribution in [0.2, 0.25) is 0 Å². The molecule has 0 aliphatic carbocycles. The van der Waals surface area contributed by atoms with Gasteiger partial charge in [-0.2, -0.15) is 0 Å². The minimum Gasteiger partial charge on any atom is -0.491 e. The summed E-state index contributed by atoms with van der Waals surface area (Å²) in [5.41, 5.74) is 3.10. The van der Waals surface area contributed by atoms with Crippen LogP contribution in [-0.4, -0.2) is 68.8 Å². The molecule has 32 heavy (non-hydrogen) atoms. The number of hydrogen-bond acceptors (Lipinski definition) is 5. The van der Waals surface area contributed by atoms with Gasteiger partial charge in [-0.05, 0) is 37.6 Å². The molecule has 174 valence electrons. The highest BCUT2D eigenvalue weighted by molar-refractivity contribution is 5.86. The number of benzene rings is 1. The van der Waals surface area contributed by atoms with Gasteiger partial charge < -0.3 is 25.0 Å². The van der Waals surface area contributed by atoms with Gasteiger partial charge in [0.15, 0.2) is 5.96 Å². The number of carbonyl (C=O) groups is 1. The molecule has 0 saturated carbocycles. The van der Waals surface area contributed by atoms with Crippen LogP contribution in [0.4, 0.5) is 0 Å². The first-order valence-corrected chi connectivity index (χ1v) is 10.9. The number of ether oxygens (including phenoxy) is 2. The number of likely N-dealkylation sites (N-methyl/N-ethyl adjacent to an activating group) is 1. The molecule has 8 heteroatoms. The number of nitrogens with one attached hydrogen (secondary N) is 2. The fourth-order valence-corrected chi connectivity index (χ4v) is 2.94. The second-order valence-electron chi connectivity index (χ2n) is 7.32. The Morgan fingerprint density at radius 1 is 1.19 bits per heavy atom. The van der Waals surface area contributed by atoms with Gasteiger partial charge in [0, 0.05) is 57.7 Å². The van der Waals surface area contributed by atoms with Crippen molar-refractivity contribution in [2.45, 2.75) is 26.8 Å². The largest absolute Gasteiger partial charge is 0.491 e. The number of carbonyl (C=O) groups excluding carboxylic acids is 1. The van der Waals surface area contributed by atoms with E-state index in [9.17, 15) is 4.79 Å². The lowest BCUT2D eigenvalue weighted by molar-refractivity contribution is -0.128. The van der Waals surface area contributed by atoms with E-state index in [2.05, 4.69) is 20.6 Å². The zero-order valence-electron chi connectivity index (χ0n) is 19.6. The highest BCUT2D eigenvalue weighted by Gasteiger charge is 2.11. The van der Waals surface area contributed by atoms with Crippen molar-refractivity contribution >= 4 is 11.9 Å². The lowest BCUT2D eigenvalue weighted by atomic mass is 10.1. The van der Waals surface area contributed by atoms with E-state index >= 15 is 0 Å². The number of aromatic nitrogens is 1. The summed E-state index contributed by atoms with van der Waals surface area (Å²) in [5.74, 6) is 1.36. The monoisotopic (exact) mass is 441 g/mol. The normalized spacial score (nSPS) is 11.2. The summed E-state index contributed by atoms with van der Waals surface area (Å²) in [5, 5.41) is 6.33. The number of aryl methyl sites for hydroxylation is 1. The molecule has 0 unspecified atom stereocenters. The molecule has 0 radical (unpaired) electrons. The summed E-state index contributed by atoms with van der Waals surface area (Å²) in [4.78, 5) is 22.6. The van der Waals surface area contributed by atoms with Crippen LogP contribution < -0.4 is 15.4 Å². The van der Waals surface area contributed by atoms with Crippen molar-refractivity contribution in [1.29, 1.82) is 0 Å². The van der Waals surface area contributed by atoms with E-state index in [4.69, 9.17) is 9.47 Å². The van der Waals surface area contributed by atoms with E-state index in [-0.39, 0.29) is 12.5 Å². The molecular formula is C24H35N5O3. The van der Waals surface area contributed by atoms with Gasteiger partial charge in [-0.25, -0.2) is 0 Å². The van der Waals surface area contributed by atoms with Crippen LogP contribution in [0.15, 0.2) is 47.6 Å². The maximum Gasteiger partial charge on any atom is 0.241 e. The van der Waals surface area contributed by atoms with Gasteiger partial charge >= 0.3 is 0 Å². The van der Waals surface area contributed by atoms with Crippen LogP contribution in [0.3, 0.4) is 0 Å². The van der Waals surface area contributed by atoms with E-state index in [0.29, 0.717) is 38.9 Å². The van der Waals surface area contributed by atoms with Gasteiger partial charge in [-0.1, -0.05) is 18.2 Å². The molecule has 0 atom stereocenters. The third-order valence-corrected chi connectivity index (χ3v) is 4.84. The first-order valence-electron chi connectivity index (χ1n) is 10.9. The second kappa shape index (κ2) is 14.0. The third-order valence-electron chi connectivity index (χ3n) is 4.84. The zero-order chi connectivity index (χ0) is 23.2. The topological polar surface area (TPSA) is 88.1 Å². The standard InChI is InChI=1S/C24H35N5O3/c1-5-31-14-15-32-22-16-19(2)9-10-20(22)17-27-24(25-3)28-18-23(30)29(4)13-11-21-8-6-7-12-26-21/h6-10,12,16H,5,11,13-15,17-18H2,1-4H3,(H2,25,27,28). The molecule has 2 rings (SSSR count). The van der Waals surface area contributed by atoms with Gasteiger partial charge in [-0.3, -0.25) is 14.8 Å². The van der Waals surface area contributed by atoms with Crippen LogP contribution in [0.25, 0.3) is 0 Å². The number of nitrogens with zero attached hydrogens (tertiary/aromatic N) is 3. The predicted octanol–water partition coefficient (Wildman–Crippen LogP) is 2.17. The first kappa shape index (κ1) is 25.1. The van der Waals surface area contributed by atoms with Crippen molar-refractivity contribution in [1.82, 2.24) is 20.5 Å². The van der Waals surface area contributed by atoms with Crippen LogP contribution in [0.5, 0.6) is 5.75 Å². The number of pyridine rings is 1. The molecule has 0 spiro atoms. The van der Waals surface area contributed by atoms with Crippen molar-refractivity contribution in [2.24, 2.45) is 4.99 Å². The smallest absolute Gasteiger partial charge is 0.241 e. The molecule has 0 bridgehead atoms. The van der Waals surface area contributed by atoms with E-state index in [1.807, 2.05) is 50.2 Å². The summed E-state index contributed by atoms with van der Waals surface area (Å²) in [6, 6.07) is 11.9. The molecule has 0 aliphatic heterocycles. The molecule has 8 nitrogen and oxygen atoms in total. The maximum absolute atomic E-state index is 12.5. The van der Waals surface area contributed by atoms with Crippen LogP contribution in [0.1, 0.15) is 23.7 Å². The molecular weight excluding hydrogens is 406 g/mol. The van der Waals surface area contributed by atoms with E-state index in [1.54, 1.807) is 25.2 Å². The molecule has 2 aromatic rings. The van der Waals surface area contributed by atoms with E-state index in [0.717, 1.165) is 29.0 Å². The first-order chi connectivity index (χ1) is 15.5. The molecule has 1 aromatic carbocycles. The lowest BCUT2D eigenvalue weighted by Crippen LogP contribution is -2.43. The predicted molar refractivity (Wildman–Crippen MR) is 127 cm³/mol. The molecule has 1 aromatic heterocycles. The Morgan fingerprint density at radius 3 is 2.75 bits per heavy atom. The summed E-state index contributed by atoms with van der Waals surface area (Å²) in [6.07, 6.45) is 2.48. The molecule has 1 heterocycles. The summed E-state index contributed by atoms with van der Waals surface area (Å²) >= 11 is 0. The van der Waals surface area contributed by atoms with Crippen LogP contribution in [0, 0.1) is 6.92 Å². The van der Waals surface area contributed by atoms with Crippen LogP contribution >= 0.6 is 0 Å². The van der Waals surface area contributed by atoms with Crippen LogP contribution in [-0.2, 0) is 22.5 Å². The van der Waals surface area contributed by atoms with Gasteiger partial charge in [0.2, 0.25) is 5.91 Å². The number of aliphatic imine (C=N–C) groups is 1. The summed E-state index contributed by atoms with van der Waals surface area (Å²) < 4.78 is 11.2. The number of hydrogen-bond donors (Lipinski definition) is 2. The van der Waals surface area contributed by atoms with Gasteiger partial charge in [-0.15, -0.1) is 0 Å². The average Bonchev–Trinajstić information content (AvgIpc) is 2.81. The maximum atomic E-state index is 12.5. The Morgan fingerprint density at radius 2 is 2.03 bits per heavy atom. The number of amides is 1. The Bertz CT molecular complexity index is 858. The zero-order valence-corrected chi connectivity index (χ0v) is 19.6. The minimum atomic E-state index is -0.0147. The molecule has 0 saturated heterocycles.